The van der Waals surface area contributed by atoms with E-state index in [9.17, 15) is 9.18 Å². The number of Topliss-reactive ketones (excluding diaryl/α,β-unsaturated/α-hetero) is 1. The van der Waals surface area contributed by atoms with Gasteiger partial charge >= 0.3 is 0 Å². The number of para-hydroxylation sites is 2. The monoisotopic (exact) mass is 538 g/mol. The second-order valence-corrected chi connectivity index (χ2v) is 12.8. The summed E-state index contributed by atoms with van der Waals surface area (Å²) in [5.41, 5.74) is 4.34. The standard InChI is InChI=1S/C33H49FN3O2/c1-25(2)21-26-14-15-28(34)22-27(26)16-17-33(3,23-29(38)24-39-7)18-20-37(5,6)19-10-13-32-35-30-11-8-9-12-31(30)36(32)4/h8-9,11-12,14-15,22,25H,10,13,16-21,23-24H2,1-7H3/q+1. The number of aryl methyl sites for hydroxylation is 3. The van der Waals surface area contributed by atoms with Gasteiger partial charge in [0, 0.05) is 39.8 Å². The summed E-state index contributed by atoms with van der Waals surface area (Å²) in [7, 11) is 8.22. The Morgan fingerprint density at radius 3 is 2.51 bits per heavy atom. The van der Waals surface area contributed by atoms with Crippen molar-refractivity contribution >= 4 is 16.8 Å². The van der Waals surface area contributed by atoms with Crippen LogP contribution in [-0.4, -0.2) is 60.7 Å². The molecule has 1 heterocycles. The van der Waals surface area contributed by atoms with Gasteiger partial charge in [-0.3, -0.25) is 4.79 Å². The molecular weight excluding hydrogens is 489 g/mol. The molecule has 0 aliphatic heterocycles. The fraction of sp³-hybridized carbons (Fsp3) is 0.576. The first kappa shape index (κ1) is 31.0. The molecule has 0 radical (unpaired) electrons. The van der Waals surface area contributed by atoms with E-state index in [0.717, 1.165) is 73.0 Å². The number of carbonyl (C=O) groups excluding carboxylic acids is 1. The van der Waals surface area contributed by atoms with Crippen LogP contribution < -0.4 is 0 Å². The molecule has 214 valence electrons. The molecule has 0 saturated carbocycles. The first-order chi connectivity index (χ1) is 18.4. The highest BCUT2D eigenvalue weighted by Gasteiger charge is 2.31. The number of rotatable bonds is 16. The van der Waals surface area contributed by atoms with Crippen LogP contribution in [0.25, 0.3) is 11.0 Å². The summed E-state index contributed by atoms with van der Waals surface area (Å²) in [5.74, 6) is 1.58. The quantitative estimate of drug-likeness (QED) is 0.194. The Morgan fingerprint density at radius 1 is 1.08 bits per heavy atom. The van der Waals surface area contributed by atoms with Crippen molar-refractivity contribution in [3.8, 4) is 0 Å². The van der Waals surface area contributed by atoms with E-state index in [0.29, 0.717) is 12.3 Å². The summed E-state index contributed by atoms with van der Waals surface area (Å²) >= 11 is 0. The van der Waals surface area contributed by atoms with Gasteiger partial charge in [-0.15, -0.1) is 0 Å². The molecule has 0 fully saturated rings. The summed E-state index contributed by atoms with van der Waals surface area (Å²) in [6, 6.07) is 13.5. The third kappa shape index (κ3) is 9.25. The highest BCUT2D eigenvalue weighted by atomic mass is 19.1. The van der Waals surface area contributed by atoms with Gasteiger partial charge in [0.15, 0.2) is 5.78 Å². The SMILES string of the molecule is COCC(=O)CC(C)(CCc1cc(F)ccc1CC(C)C)CC[N+](C)(C)CCCc1nc2ccccc2n1C. The highest BCUT2D eigenvalue weighted by Crippen LogP contribution is 2.34. The van der Waals surface area contributed by atoms with Crippen molar-refractivity contribution < 1.29 is 18.4 Å². The van der Waals surface area contributed by atoms with Crippen molar-refractivity contribution in [3.63, 3.8) is 0 Å². The number of hydrogen-bond acceptors (Lipinski definition) is 3. The molecule has 2 aromatic carbocycles. The normalized spacial score (nSPS) is 13.8. The van der Waals surface area contributed by atoms with E-state index in [4.69, 9.17) is 9.72 Å². The Balaban J connectivity index is 1.64. The summed E-state index contributed by atoms with van der Waals surface area (Å²) in [4.78, 5) is 17.5. The lowest BCUT2D eigenvalue weighted by atomic mass is 9.76. The van der Waals surface area contributed by atoms with E-state index in [1.54, 1.807) is 19.2 Å². The lowest BCUT2D eigenvalue weighted by Gasteiger charge is -2.36. The minimum atomic E-state index is -0.187. The van der Waals surface area contributed by atoms with Crippen molar-refractivity contribution in [2.45, 2.75) is 65.7 Å². The van der Waals surface area contributed by atoms with Gasteiger partial charge in [0.25, 0.3) is 0 Å². The van der Waals surface area contributed by atoms with Crippen LogP contribution in [0.2, 0.25) is 0 Å². The number of nitrogens with zero attached hydrogens (tertiary/aromatic N) is 3. The van der Waals surface area contributed by atoms with Crippen molar-refractivity contribution in [2.75, 3.05) is 40.9 Å². The van der Waals surface area contributed by atoms with Gasteiger partial charge in [-0.2, -0.15) is 0 Å². The van der Waals surface area contributed by atoms with Crippen LogP contribution in [-0.2, 0) is 35.8 Å². The van der Waals surface area contributed by atoms with E-state index in [1.807, 2.05) is 12.1 Å². The predicted octanol–water partition coefficient (Wildman–Crippen LogP) is 6.55. The molecule has 39 heavy (non-hydrogen) atoms. The van der Waals surface area contributed by atoms with E-state index < -0.39 is 0 Å². The largest absolute Gasteiger partial charge is 0.377 e. The molecule has 6 heteroatoms. The molecule has 0 N–H and O–H groups in total. The highest BCUT2D eigenvalue weighted by molar-refractivity contribution is 5.80. The topological polar surface area (TPSA) is 44.1 Å². The molecule has 1 unspecified atom stereocenters. The van der Waals surface area contributed by atoms with Crippen molar-refractivity contribution in [1.82, 2.24) is 9.55 Å². The smallest absolute Gasteiger partial charge is 0.158 e. The number of imidazole rings is 1. The van der Waals surface area contributed by atoms with E-state index in [1.165, 1.54) is 11.1 Å². The first-order valence-corrected chi connectivity index (χ1v) is 14.4. The second-order valence-electron chi connectivity index (χ2n) is 12.8. The maximum atomic E-state index is 14.2. The minimum absolute atomic E-state index is 0.133. The van der Waals surface area contributed by atoms with Gasteiger partial charge in [0.05, 0.1) is 38.2 Å². The second kappa shape index (κ2) is 13.7. The Kier molecular flexibility index (Phi) is 10.9. The van der Waals surface area contributed by atoms with Crippen LogP contribution in [0.5, 0.6) is 0 Å². The van der Waals surface area contributed by atoms with Crippen LogP contribution in [0.15, 0.2) is 42.5 Å². The average Bonchev–Trinajstić information content (AvgIpc) is 3.18. The van der Waals surface area contributed by atoms with Crippen molar-refractivity contribution in [3.05, 3.63) is 65.2 Å². The number of benzene rings is 2. The number of ketones is 1. The van der Waals surface area contributed by atoms with Crippen LogP contribution in [0.1, 0.15) is 63.4 Å². The van der Waals surface area contributed by atoms with Crippen LogP contribution >= 0.6 is 0 Å². The van der Waals surface area contributed by atoms with Crippen molar-refractivity contribution in [1.29, 1.82) is 0 Å². The van der Waals surface area contributed by atoms with Crippen LogP contribution in [0.3, 0.4) is 0 Å². The molecular formula is C33H49FN3O2+. The average molecular weight is 539 g/mol. The number of hydrogen-bond donors (Lipinski definition) is 0. The molecule has 3 aromatic rings. The van der Waals surface area contributed by atoms with Gasteiger partial charge < -0.3 is 13.8 Å². The van der Waals surface area contributed by atoms with Crippen molar-refractivity contribution in [2.24, 2.45) is 18.4 Å². The Morgan fingerprint density at radius 2 is 1.82 bits per heavy atom. The number of carbonyl (C=O) groups is 1. The van der Waals surface area contributed by atoms with Gasteiger partial charge in [-0.05, 0) is 66.0 Å². The lowest BCUT2D eigenvalue weighted by molar-refractivity contribution is -0.891. The summed E-state index contributed by atoms with van der Waals surface area (Å²) in [6.07, 6.45) is 5.95. The van der Waals surface area contributed by atoms with Crippen LogP contribution in [0.4, 0.5) is 4.39 Å². The third-order valence-electron chi connectivity index (χ3n) is 8.09. The number of quaternary nitrogens is 1. The van der Waals surface area contributed by atoms with E-state index >= 15 is 0 Å². The Hall–Kier alpha value is -2.57. The molecule has 0 spiro atoms. The summed E-state index contributed by atoms with van der Waals surface area (Å²) < 4.78 is 22.4. The molecule has 0 aliphatic rings. The molecule has 3 rings (SSSR count). The zero-order chi connectivity index (χ0) is 28.6. The number of aromatic nitrogens is 2. The molecule has 5 nitrogen and oxygen atoms in total. The van der Waals surface area contributed by atoms with Gasteiger partial charge in [0.2, 0.25) is 0 Å². The molecule has 1 aromatic heterocycles. The lowest BCUT2D eigenvalue weighted by Crippen LogP contribution is -2.43. The van der Waals surface area contributed by atoms with E-state index in [2.05, 4.69) is 64.7 Å². The molecule has 0 aliphatic carbocycles. The van der Waals surface area contributed by atoms with E-state index in [-0.39, 0.29) is 23.6 Å². The third-order valence-corrected chi connectivity index (χ3v) is 8.09. The number of fused-ring (bicyclic) bond motifs is 1. The first-order valence-electron chi connectivity index (χ1n) is 14.4. The minimum Gasteiger partial charge on any atom is -0.377 e. The fourth-order valence-electron chi connectivity index (χ4n) is 5.66. The number of halogens is 1. The maximum Gasteiger partial charge on any atom is 0.158 e. The predicted molar refractivity (Wildman–Crippen MR) is 158 cm³/mol. The number of ether oxygens (including phenoxy) is 1. The molecule has 1 atom stereocenters. The zero-order valence-electron chi connectivity index (χ0n) is 25.2. The fourth-order valence-corrected chi connectivity index (χ4v) is 5.66. The van der Waals surface area contributed by atoms with Gasteiger partial charge in [-0.25, -0.2) is 9.37 Å². The maximum absolute atomic E-state index is 14.2. The zero-order valence-corrected chi connectivity index (χ0v) is 25.2. The van der Waals surface area contributed by atoms with Gasteiger partial charge in [0.1, 0.15) is 18.2 Å². The Bertz CT molecular complexity index is 1230. The molecule has 0 amide bonds. The molecule has 0 bridgehead atoms. The summed E-state index contributed by atoms with van der Waals surface area (Å²) in [5, 5.41) is 0. The Labute approximate surface area is 235 Å². The summed E-state index contributed by atoms with van der Waals surface area (Å²) in [6.45, 7) is 8.76. The number of methoxy groups -OCH3 is 1. The van der Waals surface area contributed by atoms with Gasteiger partial charge in [-0.1, -0.05) is 39.0 Å². The molecule has 0 saturated heterocycles. The van der Waals surface area contributed by atoms with Crippen LogP contribution in [0, 0.1) is 17.2 Å².